The Balaban J connectivity index is 2.07. The number of halogens is 1. The van der Waals surface area contributed by atoms with Crippen molar-refractivity contribution in [3.05, 3.63) is 64.7 Å². The number of amides is 1. The summed E-state index contributed by atoms with van der Waals surface area (Å²) in [4.78, 5) is 22.8. The second-order valence-corrected chi connectivity index (χ2v) is 4.90. The summed E-state index contributed by atoms with van der Waals surface area (Å²) >= 11 is 5.76. The van der Waals surface area contributed by atoms with Crippen LogP contribution in [0, 0.1) is 0 Å². The summed E-state index contributed by atoms with van der Waals surface area (Å²) in [6, 6.07) is 11.3. The van der Waals surface area contributed by atoms with E-state index in [4.69, 9.17) is 22.4 Å². The monoisotopic (exact) mass is 316 g/mol. The van der Waals surface area contributed by atoms with E-state index in [1.54, 1.807) is 30.3 Å². The van der Waals surface area contributed by atoms with Crippen LogP contribution in [0.1, 0.15) is 15.9 Å². The lowest BCUT2D eigenvalue weighted by molar-refractivity contribution is -0.111. The summed E-state index contributed by atoms with van der Waals surface area (Å²) < 4.78 is 0. The number of rotatable bonds is 4. The Labute approximate surface area is 132 Å². The van der Waals surface area contributed by atoms with Crippen molar-refractivity contribution in [1.29, 1.82) is 0 Å². The van der Waals surface area contributed by atoms with Gasteiger partial charge in [0.2, 0.25) is 5.91 Å². The maximum atomic E-state index is 11.8. The second kappa shape index (κ2) is 6.78. The molecule has 2 aromatic rings. The lowest BCUT2D eigenvalue weighted by Gasteiger charge is -2.05. The summed E-state index contributed by atoms with van der Waals surface area (Å²) in [6.07, 6.45) is 2.98. The largest absolute Gasteiger partial charge is 0.478 e. The van der Waals surface area contributed by atoms with Crippen LogP contribution in [0.3, 0.4) is 0 Å². The number of nitrogen functional groups attached to an aromatic ring is 1. The number of carboxylic acid groups (broad SMARTS) is 1. The van der Waals surface area contributed by atoms with Gasteiger partial charge in [-0.25, -0.2) is 4.79 Å². The molecule has 2 rings (SSSR count). The quantitative estimate of drug-likeness (QED) is 0.596. The highest BCUT2D eigenvalue weighted by atomic mass is 35.5. The Kier molecular flexibility index (Phi) is 4.80. The predicted molar refractivity (Wildman–Crippen MR) is 86.9 cm³/mol. The number of carbonyl (C=O) groups excluding carboxylic acids is 1. The van der Waals surface area contributed by atoms with Gasteiger partial charge in [-0.1, -0.05) is 23.7 Å². The average molecular weight is 317 g/mol. The zero-order chi connectivity index (χ0) is 16.1. The average Bonchev–Trinajstić information content (AvgIpc) is 2.48. The van der Waals surface area contributed by atoms with Crippen molar-refractivity contribution in [1.82, 2.24) is 0 Å². The summed E-state index contributed by atoms with van der Waals surface area (Å²) in [5.41, 5.74) is 7.33. The van der Waals surface area contributed by atoms with Crippen molar-refractivity contribution in [2.75, 3.05) is 11.1 Å². The highest BCUT2D eigenvalue weighted by Crippen LogP contribution is 2.20. The van der Waals surface area contributed by atoms with Gasteiger partial charge in [0.05, 0.1) is 10.6 Å². The maximum Gasteiger partial charge on any atom is 0.337 e. The number of aromatic carboxylic acids is 1. The number of carboxylic acids is 1. The van der Waals surface area contributed by atoms with Crippen LogP contribution in [0.15, 0.2) is 48.5 Å². The Bertz CT molecular complexity index is 740. The van der Waals surface area contributed by atoms with Crippen molar-refractivity contribution in [3.63, 3.8) is 0 Å². The van der Waals surface area contributed by atoms with Crippen molar-refractivity contribution in [2.45, 2.75) is 0 Å². The van der Waals surface area contributed by atoms with E-state index in [1.165, 1.54) is 24.3 Å². The first-order valence-electron chi connectivity index (χ1n) is 6.33. The molecule has 2 aromatic carbocycles. The molecular weight excluding hydrogens is 304 g/mol. The number of benzene rings is 2. The smallest absolute Gasteiger partial charge is 0.337 e. The Hall–Kier alpha value is -2.79. The van der Waals surface area contributed by atoms with E-state index in [2.05, 4.69) is 5.32 Å². The van der Waals surface area contributed by atoms with E-state index in [0.717, 1.165) is 5.56 Å². The van der Waals surface area contributed by atoms with Crippen LogP contribution in [0.2, 0.25) is 5.02 Å². The van der Waals surface area contributed by atoms with Crippen LogP contribution >= 0.6 is 11.6 Å². The SMILES string of the molecule is Nc1ccc(/C=C/C(=O)Nc2ccc(Cl)c(C(=O)O)c2)cc1. The highest BCUT2D eigenvalue weighted by molar-refractivity contribution is 6.33. The van der Waals surface area contributed by atoms with Crippen molar-refractivity contribution >= 4 is 40.9 Å². The molecular formula is C16H13ClN2O3. The molecule has 22 heavy (non-hydrogen) atoms. The number of anilines is 2. The van der Waals surface area contributed by atoms with Crippen LogP contribution in [-0.2, 0) is 4.79 Å². The van der Waals surface area contributed by atoms with Gasteiger partial charge >= 0.3 is 5.97 Å². The van der Waals surface area contributed by atoms with E-state index in [-0.39, 0.29) is 16.5 Å². The second-order valence-electron chi connectivity index (χ2n) is 4.49. The Morgan fingerprint density at radius 1 is 1.14 bits per heavy atom. The van der Waals surface area contributed by atoms with Gasteiger partial charge in [0.15, 0.2) is 0 Å². The third-order valence-electron chi connectivity index (χ3n) is 2.83. The van der Waals surface area contributed by atoms with E-state index in [1.807, 2.05) is 0 Å². The van der Waals surface area contributed by atoms with E-state index in [9.17, 15) is 9.59 Å². The molecule has 0 aliphatic rings. The molecule has 0 unspecified atom stereocenters. The minimum absolute atomic E-state index is 0.0676. The molecule has 4 N–H and O–H groups in total. The molecule has 5 nitrogen and oxygen atoms in total. The van der Waals surface area contributed by atoms with Gasteiger partial charge in [-0.05, 0) is 42.0 Å². The third-order valence-corrected chi connectivity index (χ3v) is 3.16. The lowest BCUT2D eigenvalue weighted by Crippen LogP contribution is -2.09. The first-order chi connectivity index (χ1) is 10.5. The number of hydrogen-bond donors (Lipinski definition) is 3. The van der Waals surface area contributed by atoms with Crippen LogP contribution in [-0.4, -0.2) is 17.0 Å². The zero-order valence-electron chi connectivity index (χ0n) is 11.4. The fourth-order valence-electron chi connectivity index (χ4n) is 1.73. The fraction of sp³-hybridized carbons (Fsp3) is 0. The highest BCUT2D eigenvalue weighted by Gasteiger charge is 2.10. The molecule has 0 spiro atoms. The van der Waals surface area contributed by atoms with Crippen molar-refractivity contribution in [2.24, 2.45) is 0 Å². The molecule has 0 heterocycles. The third kappa shape index (κ3) is 4.10. The topological polar surface area (TPSA) is 92.4 Å². The first-order valence-corrected chi connectivity index (χ1v) is 6.71. The van der Waals surface area contributed by atoms with Crippen LogP contribution in [0.4, 0.5) is 11.4 Å². The molecule has 0 bridgehead atoms. The van der Waals surface area contributed by atoms with E-state index in [0.29, 0.717) is 11.4 Å². The summed E-state index contributed by atoms with van der Waals surface area (Å²) in [7, 11) is 0. The number of nitrogens with one attached hydrogen (secondary N) is 1. The molecule has 0 saturated heterocycles. The molecule has 0 radical (unpaired) electrons. The summed E-state index contributed by atoms with van der Waals surface area (Å²) in [5.74, 6) is -1.53. The molecule has 0 aliphatic carbocycles. The molecule has 0 saturated carbocycles. The lowest BCUT2D eigenvalue weighted by atomic mass is 10.2. The van der Waals surface area contributed by atoms with Gasteiger partial charge in [-0.3, -0.25) is 4.79 Å². The van der Waals surface area contributed by atoms with Crippen molar-refractivity contribution in [3.8, 4) is 0 Å². The van der Waals surface area contributed by atoms with Gasteiger partial charge in [0, 0.05) is 17.5 Å². The Morgan fingerprint density at radius 2 is 1.82 bits per heavy atom. The van der Waals surface area contributed by atoms with Gasteiger partial charge in [-0.2, -0.15) is 0 Å². The summed E-state index contributed by atoms with van der Waals surface area (Å²) in [6.45, 7) is 0. The van der Waals surface area contributed by atoms with Gasteiger partial charge in [0.25, 0.3) is 0 Å². The van der Waals surface area contributed by atoms with Gasteiger partial charge < -0.3 is 16.2 Å². The molecule has 112 valence electrons. The fourth-order valence-corrected chi connectivity index (χ4v) is 1.93. The molecule has 0 aliphatic heterocycles. The molecule has 0 fully saturated rings. The van der Waals surface area contributed by atoms with Gasteiger partial charge in [-0.15, -0.1) is 0 Å². The number of carbonyl (C=O) groups is 2. The minimum atomic E-state index is -1.15. The summed E-state index contributed by atoms with van der Waals surface area (Å²) in [5, 5.41) is 11.7. The zero-order valence-corrected chi connectivity index (χ0v) is 12.2. The Morgan fingerprint density at radius 3 is 2.45 bits per heavy atom. The van der Waals surface area contributed by atoms with Crippen LogP contribution < -0.4 is 11.1 Å². The van der Waals surface area contributed by atoms with Crippen molar-refractivity contribution < 1.29 is 14.7 Å². The molecule has 0 atom stereocenters. The normalized spacial score (nSPS) is 10.6. The number of nitrogens with two attached hydrogens (primary N) is 1. The van der Waals surface area contributed by atoms with E-state index >= 15 is 0 Å². The van der Waals surface area contributed by atoms with Gasteiger partial charge in [0.1, 0.15) is 0 Å². The molecule has 1 amide bonds. The molecule has 6 heteroatoms. The van der Waals surface area contributed by atoms with Crippen LogP contribution in [0.25, 0.3) is 6.08 Å². The predicted octanol–water partition coefficient (Wildman–Crippen LogP) is 3.27. The maximum absolute atomic E-state index is 11.8. The minimum Gasteiger partial charge on any atom is -0.478 e. The number of hydrogen-bond acceptors (Lipinski definition) is 3. The molecule has 0 aromatic heterocycles. The van der Waals surface area contributed by atoms with Crippen LogP contribution in [0.5, 0.6) is 0 Å². The first kappa shape index (κ1) is 15.6. The standard InChI is InChI=1S/C16H13ClN2O3/c17-14-7-6-12(9-13(14)16(21)22)19-15(20)8-3-10-1-4-11(18)5-2-10/h1-9H,18H2,(H,19,20)(H,21,22)/b8-3+. The van der Waals surface area contributed by atoms with E-state index < -0.39 is 5.97 Å².